The molecule has 2 aliphatic carbocycles. The molecule has 0 saturated heterocycles. The zero-order valence-electron chi connectivity index (χ0n) is 37.7. The number of benzene rings is 6. The number of nitrogens with one attached hydrogen (secondary N) is 1. The molecule has 0 aliphatic heterocycles. The van der Waals surface area contributed by atoms with Crippen molar-refractivity contribution in [1.29, 1.82) is 0 Å². The fraction of sp³-hybridized carbons (Fsp3) is 0.309. The number of phenols is 3. The molecule has 6 aromatic rings. The van der Waals surface area contributed by atoms with E-state index in [1.54, 1.807) is 36.4 Å². The maximum absolute atomic E-state index is 14.3. The van der Waals surface area contributed by atoms with Crippen molar-refractivity contribution < 1.29 is 49.0 Å². The van der Waals surface area contributed by atoms with Crippen molar-refractivity contribution in [3.63, 3.8) is 0 Å². The topological polar surface area (TPSA) is 164 Å². The Morgan fingerprint density at radius 3 is 2.33 bits per heavy atom. The molecule has 11 nitrogen and oxygen atoms in total. The largest absolute Gasteiger partial charge is 0.508 e. The number of aliphatic hydroxyl groups is 1. The summed E-state index contributed by atoms with van der Waals surface area (Å²) in [6.45, 7) is 1.77. The van der Waals surface area contributed by atoms with Gasteiger partial charge in [0.2, 0.25) is 0 Å². The third-order valence-electron chi connectivity index (χ3n) is 13.5. The first-order chi connectivity index (χ1) is 31.9. The van der Waals surface area contributed by atoms with Gasteiger partial charge in [-0.15, -0.1) is 0 Å². The first-order valence-corrected chi connectivity index (χ1v) is 22.4. The Balaban J connectivity index is 1.21. The lowest BCUT2D eigenvalue weighted by Gasteiger charge is -2.54. The van der Waals surface area contributed by atoms with Crippen molar-refractivity contribution in [2.45, 2.75) is 69.6 Å². The second-order valence-electron chi connectivity index (χ2n) is 17.6. The Kier molecular flexibility index (Phi) is 13.7. The van der Waals surface area contributed by atoms with Gasteiger partial charge in [-0.05, 0) is 136 Å². The van der Waals surface area contributed by atoms with Gasteiger partial charge >= 0.3 is 11.9 Å². The van der Waals surface area contributed by atoms with Gasteiger partial charge in [0.1, 0.15) is 18.0 Å². The number of hydrogen-bond donors (Lipinski definition) is 5. The zero-order chi connectivity index (χ0) is 46.5. The van der Waals surface area contributed by atoms with Gasteiger partial charge in [-0.25, -0.2) is 0 Å². The lowest BCUT2D eigenvalue weighted by molar-refractivity contribution is -0.162. The quantitative estimate of drug-likeness (QED) is 0.0702. The van der Waals surface area contributed by atoms with Gasteiger partial charge in [0, 0.05) is 37.1 Å². The Morgan fingerprint density at radius 2 is 1.59 bits per heavy atom. The average Bonchev–Trinajstić information content (AvgIpc) is 3.30. The number of aliphatic hydroxyl groups excluding tert-OH is 1. The summed E-state index contributed by atoms with van der Waals surface area (Å²) in [6, 6.07) is 35.8. The third kappa shape index (κ3) is 9.59. The predicted octanol–water partition coefficient (Wildman–Crippen LogP) is 9.36. The van der Waals surface area contributed by atoms with E-state index in [4.69, 9.17) is 18.9 Å². The van der Waals surface area contributed by atoms with Crippen LogP contribution in [0.2, 0.25) is 0 Å². The number of fused-ring (bicyclic) bond motifs is 3. The van der Waals surface area contributed by atoms with Crippen LogP contribution in [-0.2, 0) is 38.4 Å². The summed E-state index contributed by atoms with van der Waals surface area (Å²) in [7, 11) is 4.87. The highest BCUT2D eigenvalue weighted by Gasteiger charge is 2.54. The Bertz CT molecular complexity index is 2750. The molecule has 6 aromatic carbocycles. The van der Waals surface area contributed by atoms with Crippen LogP contribution in [0, 0.1) is 11.3 Å². The second-order valence-corrected chi connectivity index (χ2v) is 17.6. The number of carbonyl (C=O) groups excluding carboxylic acids is 2. The van der Waals surface area contributed by atoms with Gasteiger partial charge in [0.25, 0.3) is 0 Å². The summed E-state index contributed by atoms with van der Waals surface area (Å²) in [6.07, 6.45) is 3.89. The Morgan fingerprint density at radius 1 is 0.803 bits per heavy atom. The number of hydrogen-bond acceptors (Lipinski definition) is 11. The van der Waals surface area contributed by atoms with Crippen molar-refractivity contribution in [2.75, 3.05) is 27.9 Å². The van der Waals surface area contributed by atoms with E-state index < -0.39 is 41.4 Å². The second kappa shape index (κ2) is 19.7. The first kappa shape index (κ1) is 45.7. The monoisotopic (exact) mass is 891 g/mol. The van der Waals surface area contributed by atoms with Crippen LogP contribution in [0.1, 0.15) is 71.4 Å². The molecule has 0 spiro atoms. The predicted molar refractivity (Wildman–Crippen MR) is 254 cm³/mol. The molecular weight excluding hydrogens is 835 g/mol. The van der Waals surface area contributed by atoms with Crippen LogP contribution in [0.3, 0.4) is 0 Å². The molecule has 1 fully saturated rings. The van der Waals surface area contributed by atoms with E-state index in [1.165, 1.54) is 21.1 Å². The lowest BCUT2D eigenvalue weighted by atomic mass is 9.52. The van der Waals surface area contributed by atoms with Crippen LogP contribution >= 0.6 is 0 Å². The molecule has 1 saturated carbocycles. The number of rotatable bonds is 13. The van der Waals surface area contributed by atoms with E-state index in [0.717, 1.165) is 55.3 Å². The molecule has 66 heavy (non-hydrogen) atoms. The van der Waals surface area contributed by atoms with Gasteiger partial charge in [0.15, 0.2) is 23.0 Å². The summed E-state index contributed by atoms with van der Waals surface area (Å²) in [5.41, 5.74) is 6.05. The van der Waals surface area contributed by atoms with E-state index >= 15 is 0 Å². The molecule has 2 aliphatic rings. The normalized spacial score (nSPS) is 21.6. The fourth-order valence-corrected chi connectivity index (χ4v) is 10.6. The zero-order valence-corrected chi connectivity index (χ0v) is 37.7. The summed E-state index contributed by atoms with van der Waals surface area (Å²) in [5, 5.41) is 49.1. The lowest BCUT2D eigenvalue weighted by Crippen LogP contribution is -2.51. The fourth-order valence-electron chi connectivity index (χ4n) is 10.6. The highest BCUT2D eigenvalue weighted by molar-refractivity contribution is 5.98. The highest BCUT2D eigenvalue weighted by Crippen LogP contribution is 2.60. The standard InChI is InChI=1S/C55H57NO10/c1-33(58)65-51-28-43(66-54(62)21-35-13-14-39-22-42(59)27-45(44(39)20-35)38-12-8-11-36(19-38)31-56-2)23-41(37-15-16-49(60)52(25-37)63-3)30-55(18-17-34-9-6-5-7-10-34)47(51)24-40-26-53(64-4)50(61)29-46(40)48(55)32-57/h5-20,22,25-27,29,41,43,47-48,51,56-57,59-61H,21,23-24,28,30-32H2,1-4H3/b18-17-/t41-,43-,47-,48-,51+,55-/m0/s1. The maximum atomic E-state index is 14.3. The Labute approximate surface area is 385 Å². The van der Waals surface area contributed by atoms with Gasteiger partial charge in [-0.1, -0.05) is 78.9 Å². The molecule has 0 aromatic heterocycles. The maximum Gasteiger partial charge on any atom is 0.310 e. The van der Waals surface area contributed by atoms with Gasteiger partial charge in [-0.2, -0.15) is 0 Å². The molecule has 342 valence electrons. The smallest absolute Gasteiger partial charge is 0.310 e. The van der Waals surface area contributed by atoms with Crippen molar-refractivity contribution in [2.24, 2.45) is 11.3 Å². The molecule has 0 bridgehead atoms. The van der Waals surface area contributed by atoms with Crippen LogP contribution in [0.15, 0.2) is 121 Å². The van der Waals surface area contributed by atoms with Gasteiger partial charge < -0.3 is 44.7 Å². The Hall–Kier alpha value is -6.82. The molecule has 0 amide bonds. The van der Waals surface area contributed by atoms with Crippen LogP contribution in [0.4, 0.5) is 0 Å². The summed E-state index contributed by atoms with van der Waals surface area (Å²) < 4.78 is 24.0. The van der Waals surface area contributed by atoms with Crippen molar-refractivity contribution in [3.8, 4) is 39.9 Å². The van der Waals surface area contributed by atoms with Gasteiger partial charge in [-0.3, -0.25) is 9.59 Å². The molecule has 0 heterocycles. The number of esters is 2. The van der Waals surface area contributed by atoms with Crippen LogP contribution in [0.5, 0.6) is 28.7 Å². The van der Waals surface area contributed by atoms with E-state index in [0.29, 0.717) is 25.8 Å². The first-order valence-electron chi connectivity index (χ1n) is 22.4. The van der Waals surface area contributed by atoms with Crippen molar-refractivity contribution in [3.05, 3.63) is 155 Å². The van der Waals surface area contributed by atoms with Gasteiger partial charge in [0.05, 0.1) is 27.2 Å². The summed E-state index contributed by atoms with van der Waals surface area (Å²) in [4.78, 5) is 27.5. The van der Waals surface area contributed by atoms with Crippen LogP contribution in [-0.4, -0.2) is 72.4 Å². The number of allylic oxidation sites excluding steroid dienone is 1. The molecule has 5 N–H and O–H groups in total. The highest BCUT2D eigenvalue weighted by atomic mass is 16.6. The van der Waals surface area contributed by atoms with E-state index in [9.17, 15) is 30.0 Å². The van der Waals surface area contributed by atoms with Crippen molar-refractivity contribution >= 4 is 28.8 Å². The minimum atomic E-state index is -0.896. The van der Waals surface area contributed by atoms with Crippen LogP contribution in [0.25, 0.3) is 28.0 Å². The minimum absolute atomic E-state index is 0.0229. The third-order valence-corrected chi connectivity index (χ3v) is 13.5. The van der Waals surface area contributed by atoms with E-state index in [2.05, 4.69) is 17.5 Å². The summed E-state index contributed by atoms with van der Waals surface area (Å²) >= 11 is 0. The number of phenolic OH excluding ortho intramolecular Hbond substituents is 3. The molecule has 0 radical (unpaired) electrons. The van der Waals surface area contributed by atoms with Crippen molar-refractivity contribution in [1.82, 2.24) is 5.32 Å². The molecular formula is C55H57NO10. The van der Waals surface area contributed by atoms with E-state index in [-0.39, 0.29) is 54.1 Å². The number of ether oxygens (including phenoxy) is 4. The molecule has 0 unspecified atom stereocenters. The molecule has 6 atom stereocenters. The van der Waals surface area contributed by atoms with E-state index in [1.807, 2.05) is 85.9 Å². The number of methoxy groups -OCH3 is 2. The SMILES string of the molecule is CNCc1cccc(-c2cc(O)cc3ccc(CC(=O)O[C@H]4C[C@H](c5ccc(O)c(OC)c5)C[C@]5(/C=C\c6ccccc6)[C@@H](CO)c6cc(O)c(OC)cc6C[C@H]5[C@H](OC(C)=O)C4)cc23)c1. The molecule has 11 heteroatoms. The number of aromatic hydroxyl groups is 3. The average molecular weight is 892 g/mol. The summed E-state index contributed by atoms with van der Waals surface area (Å²) in [5.74, 6) is -1.68. The minimum Gasteiger partial charge on any atom is -0.508 e. The van der Waals surface area contributed by atoms with Crippen LogP contribution < -0.4 is 14.8 Å². The molecule has 8 rings (SSSR count). The number of carbonyl (C=O) groups is 2.